The number of allylic oxidation sites excluding steroid dienone is 1. The number of esters is 1. The van der Waals surface area contributed by atoms with Crippen molar-refractivity contribution in [2.24, 2.45) is 0 Å². The summed E-state index contributed by atoms with van der Waals surface area (Å²) in [5, 5.41) is 17.5. The third-order valence-corrected chi connectivity index (χ3v) is 7.01. The number of rotatable bonds is 7. The number of anilines is 1. The molecule has 0 spiro atoms. The molecule has 3 rings (SSSR count). The van der Waals surface area contributed by atoms with Gasteiger partial charge in [-0.15, -0.1) is 34.0 Å². The molecule has 0 aliphatic rings. The number of hydrogen-bond donors (Lipinski definition) is 1. The van der Waals surface area contributed by atoms with Gasteiger partial charge in [-0.2, -0.15) is 5.26 Å². The van der Waals surface area contributed by atoms with Crippen molar-refractivity contribution >= 4 is 56.3 Å². The lowest BCUT2D eigenvalue weighted by Crippen LogP contribution is -2.08. The molecule has 3 heterocycles. The number of aromatic nitrogens is 1. The number of carbonyl (C=O) groups excluding carboxylic acids is 2. The fourth-order valence-corrected chi connectivity index (χ4v) is 5.22. The predicted octanol–water partition coefficient (Wildman–Crippen LogP) is 5.60. The van der Waals surface area contributed by atoms with E-state index in [1.807, 2.05) is 22.9 Å². The second-order valence-electron chi connectivity index (χ2n) is 5.87. The molecule has 9 heteroatoms. The predicted molar refractivity (Wildman–Crippen MR) is 118 cm³/mol. The van der Waals surface area contributed by atoms with Crippen LogP contribution in [0, 0.1) is 18.3 Å². The van der Waals surface area contributed by atoms with Crippen LogP contribution in [0.4, 0.5) is 5.00 Å². The van der Waals surface area contributed by atoms with E-state index in [2.05, 4.69) is 16.4 Å². The van der Waals surface area contributed by atoms with Gasteiger partial charge in [-0.05, 0) is 37.8 Å². The minimum atomic E-state index is -0.502. The molecule has 3 aromatic heterocycles. The van der Waals surface area contributed by atoms with Gasteiger partial charge in [-0.25, -0.2) is 9.78 Å². The van der Waals surface area contributed by atoms with E-state index < -0.39 is 5.97 Å². The molecule has 0 atom stereocenters. The van der Waals surface area contributed by atoms with Gasteiger partial charge in [0.15, 0.2) is 5.78 Å². The Labute approximate surface area is 180 Å². The summed E-state index contributed by atoms with van der Waals surface area (Å²) in [6.45, 7) is 5.12. The van der Waals surface area contributed by atoms with Crippen molar-refractivity contribution in [2.45, 2.75) is 20.8 Å². The summed E-state index contributed by atoms with van der Waals surface area (Å²) >= 11 is 4.12. The largest absolute Gasteiger partial charge is 0.462 e. The Bertz CT molecular complexity index is 1120. The van der Waals surface area contributed by atoms with E-state index in [1.54, 1.807) is 25.2 Å². The maximum atomic E-state index is 12.4. The van der Waals surface area contributed by atoms with E-state index in [4.69, 9.17) is 4.74 Å². The average Bonchev–Trinajstić information content (AvgIpc) is 3.42. The van der Waals surface area contributed by atoms with Gasteiger partial charge in [-0.1, -0.05) is 6.07 Å². The molecule has 29 heavy (non-hydrogen) atoms. The first-order chi connectivity index (χ1) is 14.0. The van der Waals surface area contributed by atoms with Crippen LogP contribution in [-0.2, 0) is 4.74 Å². The molecule has 0 aliphatic heterocycles. The Kier molecular flexibility index (Phi) is 6.59. The fraction of sp³-hybridized carbons (Fsp3) is 0.200. The summed E-state index contributed by atoms with van der Waals surface area (Å²) in [4.78, 5) is 30.3. The Balaban J connectivity index is 1.93. The van der Waals surface area contributed by atoms with E-state index >= 15 is 0 Å². The lowest BCUT2D eigenvalue weighted by Gasteiger charge is -2.05. The van der Waals surface area contributed by atoms with Crippen molar-refractivity contribution < 1.29 is 14.3 Å². The molecule has 0 aliphatic carbocycles. The summed E-state index contributed by atoms with van der Waals surface area (Å²) in [7, 11) is 0. The van der Waals surface area contributed by atoms with Crippen molar-refractivity contribution in [1.82, 2.24) is 4.98 Å². The first-order valence-corrected chi connectivity index (χ1v) is 11.2. The number of nitriles is 1. The molecule has 0 saturated carbocycles. The van der Waals surface area contributed by atoms with Gasteiger partial charge in [0.25, 0.3) is 0 Å². The zero-order valence-corrected chi connectivity index (χ0v) is 18.4. The van der Waals surface area contributed by atoms with E-state index in [1.165, 1.54) is 35.8 Å². The number of ether oxygens (including phenoxy) is 1. The van der Waals surface area contributed by atoms with Gasteiger partial charge in [0, 0.05) is 11.6 Å². The van der Waals surface area contributed by atoms with Crippen molar-refractivity contribution in [1.29, 1.82) is 5.26 Å². The molecule has 0 saturated heterocycles. The van der Waals surface area contributed by atoms with Crippen LogP contribution in [0.5, 0.6) is 0 Å². The molecule has 0 radical (unpaired) electrons. The summed E-state index contributed by atoms with van der Waals surface area (Å²) < 4.78 is 5.13. The monoisotopic (exact) mass is 443 g/mol. The second kappa shape index (κ2) is 9.13. The Morgan fingerprint density at radius 3 is 2.79 bits per heavy atom. The lowest BCUT2D eigenvalue weighted by atomic mass is 10.1. The van der Waals surface area contributed by atoms with E-state index in [0.29, 0.717) is 31.6 Å². The molecule has 1 N–H and O–H groups in total. The molecule has 0 bridgehead atoms. The molecule has 0 amide bonds. The van der Waals surface area contributed by atoms with E-state index in [-0.39, 0.29) is 12.4 Å². The first-order valence-electron chi connectivity index (χ1n) is 8.64. The molecular formula is C20H17N3O3S3. The number of hydrogen-bond acceptors (Lipinski definition) is 9. The van der Waals surface area contributed by atoms with Gasteiger partial charge in [0.05, 0.1) is 27.6 Å². The summed E-state index contributed by atoms with van der Waals surface area (Å²) in [5.41, 5.74) is 2.04. The van der Waals surface area contributed by atoms with Crippen molar-refractivity contribution in [2.75, 3.05) is 11.9 Å². The first kappa shape index (κ1) is 20.9. The Hall–Kier alpha value is -2.80. The number of thiazole rings is 1. The van der Waals surface area contributed by atoms with Gasteiger partial charge in [0.2, 0.25) is 0 Å². The summed E-state index contributed by atoms with van der Waals surface area (Å²) in [5.74, 6) is -0.631. The molecule has 0 unspecified atom stereocenters. The van der Waals surface area contributed by atoms with Crippen molar-refractivity contribution in [3.05, 3.63) is 50.1 Å². The molecule has 0 fully saturated rings. The average molecular weight is 444 g/mol. The number of carbonyl (C=O) groups is 2. The third-order valence-electron chi connectivity index (χ3n) is 3.92. The number of Topliss-reactive ketones (excluding diaryl/α,β-unsaturated/α-hetero) is 1. The van der Waals surface area contributed by atoms with Crippen LogP contribution < -0.4 is 5.32 Å². The van der Waals surface area contributed by atoms with Crippen LogP contribution in [0.15, 0.2) is 29.1 Å². The fourth-order valence-electron chi connectivity index (χ4n) is 2.61. The molecule has 0 aromatic carbocycles. The maximum absolute atomic E-state index is 12.4. The van der Waals surface area contributed by atoms with Gasteiger partial charge < -0.3 is 10.1 Å². The van der Waals surface area contributed by atoms with E-state index in [0.717, 1.165) is 10.6 Å². The highest BCUT2D eigenvalue weighted by atomic mass is 32.1. The third kappa shape index (κ3) is 4.45. The van der Waals surface area contributed by atoms with Crippen molar-refractivity contribution in [3.8, 4) is 16.6 Å². The van der Waals surface area contributed by atoms with Crippen LogP contribution in [-0.4, -0.2) is 23.3 Å². The lowest BCUT2D eigenvalue weighted by molar-refractivity contribution is 0.0527. The van der Waals surface area contributed by atoms with Gasteiger partial charge >= 0.3 is 5.97 Å². The van der Waals surface area contributed by atoms with Crippen LogP contribution in [0.25, 0.3) is 16.1 Å². The molecule has 148 valence electrons. The zero-order chi connectivity index (χ0) is 21.0. The minimum Gasteiger partial charge on any atom is -0.462 e. The highest BCUT2D eigenvalue weighted by Crippen LogP contribution is 2.35. The zero-order valence-electron chi connectivity index (χ0n) is 15.9. The number of ketones is 1. The van der Waals surface area contributed by atoms with Crippen molar-refractivity contribution in [3.63, 3.8) is 0 Å². The Morgan fingerprint density at radius 2 is 2.17 bits per heavy atom. The molecule has 6 nitrogen and oxygen atoms in total. The molecule has 3 aromatic rings. The van der Waals surface area contributed by atoms with Crippen LogP contribution in [0.1, 0.15) is 44.4 Å². The maximum Gasteiger partial charge on any atom is 0.341 e. The highest BCUT2D eigenvalue weighted by Gasteiger charge is 2.24. The summed E-state index contributed by atoms with van der Waals surface area (Å²) in [6, 6.07) is 6.06. The van der Waals surface area contributed by atoms with Crippen LogP contribution in [0.3, 0.4) is 0 Å². The Morgan fingerprint density at radius 1 is 1.38 bits per heavy atom. The topological polar surface area (TPSA) is 92.1 Å². The van der Waals surface area contributed by atoms with Crippen LogP contribution in [0.2, 0.25) is 0 Å². The van der Waals surface area contributed by atoms with Gasteiger partial charge in [0.1, 0.15) is 21.7 Å². The smallest absolute Gasteiger partial charge is 0.341 e. The van der Waals surface area contributed by atoms with E-state index in [9.17, 15) is 14.9 Å². The molecular weight excluding hydrogens is 426 g/mol. The quantitative estimate of drug-likeness (QED) is 0.290. The highest BCUT2D eigenvalue weighted by molar-refractivity contribution is 7.18. The standard InChI is InChI=1S/C20H17N3O3S3/c1-4-26-20(25)16-11(2)17(12(3)24)29-19(16)22-9-13(8-21)18-23-14(10-28-18)15-6-5-7-27-15/h5-7,9-10,22H,4H2,1-3H3. The van der Waals surface area contributed by atoms with Gasteiger partial charge in [-0.3, -0.25) is 4.79 Å². The summed E-state index contributed by atoms with van der Waals surface area (Å²) in [6.07, 6.45) is 1.51. The number of nitrogens with zero attached hydrogens (tertiary/aromatic N) is 2. The SMILES string of the molecule is CCOC(=O)c1c(NC=C(C#N)c2nc(-c3cccs3)cs2)sc(C(C)=O)c1C. The normalized spacial score (nSPS) is 11.2. The number of thiophene rings is 2. The van der Waals surface area contributed by atoms with Crippen LogP contribution >= 0.6 is 34.0 Å². The minimum absolute atomic E-state index is 0.129. The number of nitrogens with one attached hydrogen (secondary N) is 1. The second-order valence-corrected chi connectivity index (χ2v) is 8.69.